The molecule has 0 fully saturated rings. The zero-order chi connectivity index (χ0) is 14.5. The Morgan fingerprint density at radius 3 is 2.50 bits per heavy atom. The molecule has 0 aromatic heterocycles. The monoisotopic (exact) mass is 272 g/mol. The van der Waals surface area contributed by atoms with Crippen LogP contribution in [0.2, 0.25) is 0 Å². The molecule has 0 saturated heterocycles. The average Bonchev–Trinajstić information content (AvgIpc) is 2.47. The van der Waals surface area contributed by atoms with Gasteiger partial charge in [0.2, 0.25) is 0 Å². The van der Waals surface area contributed by atoms with E-state index in [2.05, 4.69) is 5.32 Å². The number of hydrogen-bond acceptors (Lipinski definition) is 4. The maximum Gasteiger partial charge on any atom is 0.269 e. The fourth-order valence-corrected chi connectivity index (χ4v) is 1.93. The number of methoxy groups -OCH3 is 1. The minimum absolute atomic E-state index is 0.0444. The van der Waals surface area contributed by atoms with Crippen molar-refractivity contribution in [1.29, 1.82) is 0 Å². The lowest BCUT2D eigenvalue weighted by Crippen LogP contribution is -2.06. The molecule has 1 atom stereocenters. The molecule has 104 valence electrons. The quantitative estimate of drug-likeness (QED) is 0.664. The SMILES string of the molecule is COc1cccc(NC(C)c2ccc([N+](=O)[O-])cc2)c1. The van der Waals surface area contributed by atoms with Crippen molar-refractivity contribution in [2.45, 2.75) is 13.0 Å². The van der Waals surface area contributed by atoms with Crippen LogP contribution in [0.3, 0.4) is 0 Å². The molecule has 0 radical (unpaired) electrons. The van der Waals surface area contributed by atoms with E-state index >= 15 is 0 Å². The summed E-state index contributed by atoms with van der Waals surface area (Å²) in [5.74, 6) is 0.783. The number of rotatable bonds is 5. The second-order valence-corrected chi connectivity index (χ2v) is 4.45. The van der Waals surface area contributed by atoms with E-state index < -0.39 is 4.92 Å². The van der Waals surface area contributed by atoms with Crippen molar-refractivity contribution < 1.29 is 9.66 Å². The Balaban J connectivity index is 2.10. The molecule has 2 aromatic rings. The molecular formula is C15H16N2O3. The van der Waals surface area contributed by atoms with Crippen molar-refractivity contribution in [3.63, 3.8) is 0 Å². The van der Waals surface area contributed by atoms with E-state index in [1.165, 1.54) is 12.1 Å². The molecule has 5 nitrogen and oxygen atoms in total. The predicted octanol–water partition coefficient (Wildman–Crippen LogP) is 3.78. The van der Waals surface area contributed by atoms with Gasteiger partial charge in [-0.15, -0.1) is 0 Å². The summed E-state index contributed by atoms with van der Waals surface area (Å²) >= 11 is 0. The third-order valence-electron chi connectivity index (χ3n) is 3.06. The van der Waals surface area contributed by atoms with Crippen LogP contribution in [0.5, 0.6) is 5.75 Å². The standard InChI is InChI=1S/C15H16N2O3/c1-11(12-6-8-14(9-7-12)17(18)19)16-13-4-3-5-15(10-13)20-2/h3-11,16H,1-2H3. The van der Waals surface area contributed by atoms with E-state index in [0.29, 0.717) is 0 Å². The number of benzene rings is 2. The zero-order valence-electron chi connectivity index (χ0n) is 11.4. The second-order valence-electron chi connectivity index (χ2n) is 4.45. The first-order chi connectivity index (χ1) is 9.60. The van der Waals surface area contributed by atoms with Crippen LogP contribution in [0.15, 0.2) is 48.5 Å². The highest BCUT2D eigenvalue weighted by molar-refractivity contribution is 5.50. The number of nitro benzene ring substituents is 1. The fourth-order valence-electron chi connectivity index (χ4n) is 1.93. The summed E-state index contributed by atoms with van der Waals surface area (Å²) in [7, 11) is 1.62. The Kier molecular flexibility index (Phi) is 4.20. The molecule has 2 aromatic carbocycles. The molecule has 1 N–H and O–H groups in total. The number of hydrogen-bond donors (Lipinski definition) is 1. The smallest absolute Gasteiger partial charge is 0.269 e. The van der Waals surface area contributed by atoms with Crippen molar-refractivity contribution in [2.75, 3.05) is 12.4 Å². The molecular weight excluding hydrogens is 256 g/mol. The number of nitrogens with one attached hydrogen (secondary N) is 1. The van der Waals surface area contributed by atoms with Crippen LogP contribution in [0.25, 0.3) is 0 Å². The van der Waals surface area contributed by atoms with E-state index in [4.69, 9.17) is 4.74 Å². The maximum atomic E-state index is 10.6. The lowest BCUT2D eigenvalue weighted by Gasteiger charge is -2.16. The van der Waals surface area contributed by atoms with Crippen LogP contribution in [0.1, 0.15) is 18.5 Å². The molecule has 2 rings (SSSR count). The summed E-state index contributed by atoms with van der Waals surface area (Å²) in [6, 6.07) is 14.2. The Labute approximate surface area is 117 Å². The first-order valence-electron chi connectivity index (χ1n) is 6.25. The molecule has 0 spiro atoms. The van der Waals surface area contributed by atoms with Crippen LogP contribution in [-0.2, 0) is 0 Å². The minimum atomic E-state index is -0.399. The third-order valence-corrected chi connectivity index (χ3v) is 3.06. The summed E-state index contributed by atoms with van der Waals surface area (Å²) in [4.78, 5) is 10.2. The highest BCUT2D eigenvalue weighted by atomic mass is 16.6. The van der Waals surface area contributed by atoms with Crippen LogP contribution >= 0.6 is 0 Å². The molecule has 0 aliphatic heterocycles. The molecule has 0 amide bonds. The van der Waals surface area contributed by atoms with E-state index in [9.17, 15) is 10.1 Å². The summed E-state index contributed by atoms with van der Waals surface area (Å²) in [6.07, 6.45) is 0. The second kappa shape index (κ2) is 6.06. The Hall–Kier alpha value is -2.56. The van der Waals surface area contributed by atoms with Gasteiger partial charge < -0.3 is 10.1 Å². The van der Waals surface area contributed by atoms with Gasteiger partial charge in [0.1, 0.15) is 5.75 Å². The van der Waals surface area contributed by atoms with Crippen molar-refractivity contribution in [3.8, 4) is 5.75 Å². The number of non-ortho nitro benzene ring substituents is 1. The summed E-state index contributed by atoms with van der Waals surface area (Å²) in [6.45, 7) is 2.00. The van der Waals surface area contributed by atoms with Crippen molar-refractivity contribution >= 4 is 11.4 Å². The molecule has 5 heteroatoms. The predicted molar refractivity (Wildman–Crippen MR) is 78.1 cm³/mol. The lowest BCUT2D eigenvalue weighted by molar-refractivity contribution is -0.384. The van der Waals surface area contributed by atoms with E-state index in [1.807, 2.05) is 31.2 Å². The van der Waals surface area contributed by atoms with Gasteiger partial charge in [0.25, 0.3) is 5.69 Å². The van der Waals surface area contributed by atoms with Gasteiger partial charge in [-0.05, 0) is 24.6 Å². The van der Waals surface area contributed by atoms with Crippen LogP contribution in [-0.4, -0.2) is 12.0 Å². The van der Waals surface area contributed by atoms with Gasteiger partial charge in [-0.3, -0.25) is 10.1 Å². The molecule has 0 heterocycles. The maximum absolute atomic E-state index is 10.6. The first-order valence-corrected chi connectivity index (χ1v) is 6.25. The third kappa shape index (κ3) is 3.26. The normalized spacial score (nSPS) is 11.7. The Morgan fingerprint density at radius 1 is 1.20 bits per heavy atom. The first kappa shape index (κ1) is 13.9. The molecule has 1 unspecified atom stereocenters. The van der Waals surface area contributed by atoms with Gasteiger partial charge in [-0.25, -0.2) is 0 Å². The Bertz CT molecular complexity index is 596. The average molecular weight is 272 g/mol. The number of nitrogens with zero attached hydrogens (tertiary/aromatic N) is 1. The number of nitro groups is 1. The van der Waals surface area contributed by atoms with Gasteiger partial charge >= 0.3 is 0 Å². The van der Waals surface area contributed by atoms with Gasteiger partial charge in [0.15, 0.2) is 0 Å². The van der Waals surface area contributed by atoms with Gasteiger partial charge in [0, 0.05) is 29.9 Å². The van der Waals surface area contributed by atoms with Crippen molar-refractivity contribution in [1.82, 2.24) is 0 Å². The number of anilines is 1. The Morgan fingerprint density at radius 2 is 1.90 bits per heavy atom. The van der Waals surface area contributed by atoms with Gasteiger partial charge in [-0.1, -0.05) is 18.2 Å². The van der Waals surface area contributed by atoms with E-state index in [0.717, 1.165) is 17.0 Å². The van der Waals surface area contributed by atoms with E-state index in [1.54, 1.807) is 19.2 Å². The minimum Gasteiger partial charge on any atom is -0.497 e. The van der Waals surface area contributed by atoms with Gasteiger partial charge in [-0.2, -0.15) is 0 Å². The molecule has 20 heavy (non-hydrogen) atoms. The van der Waals surface area contributed by atoms with Gasteiger partial charge in [0.05, 0.1) is 12.0 Å². The topological polar surface area (TPSA) is 64.4 Å². The van der Waals surface area contributed by atoms with E-state index in [-0.39, 0.29) is 11.7 Å². The van der Waals surface area contributed by atoms with Crippen LogP contribution in [0.4, 0.5) is 11.4 Å². The molecule has 0 saturated carbocycles. The zero-order valence-corrected chi connectivity index (χ0v) is 11.4. The van der Waals surface area contributed by atoms with Crippen molar-refractivity contribution in [3.05, 3.63) is 64.2 Å². The largest absolute Gasteiger partial charge is 0.497 e. The summed E-state index contributed by atoms with van der Waals surface area (Å²) in [5.41, 5.74) is 2.02. The summed E-state index contributed by atoms with van der Waals surface area (Å²) < 4.78 is 5.17. The molecule has 0 bridgehead atoms. The highest BCUT2D eigenvalue weighted by Gasteiger charge is 2.09. The van der Waals surface area contributed by atoms with Crippen LogP contribution < -0.4 is 10.1 Å². The van der Waals surface area contributed by atoms with Crippen molar-refractivity contribution in [2.24, 2.45) is 0 Å². The number of ether oxygens (including phenoxy) is 1. The fraction of sp³-hybridized carbons (Fsp3) is 0.200. The highest BCUT2D eigenvalue weighted by Crippen LogP contribution is 2.23. The lowest BCUT2D eigenvalue weighted by atomic mass is 10.1. The van der Waals surface area contributed by atoms with Crippen LogP contribution in [0, 0.1) is 10.1 Å². The summed E-state index contributed by atoms with van der Waals surface area (Å²) in [5, 5.41) is 14.0. The molecule has 0 aliphatic carbocycles. The molecule has 0 aliphatic rings.